The number of nitrogens with two attached hydrogens (primary N) is 1. The SMILES string of the molecule is CC(=O)N[C@H](Cc1ccccc1)C(=O)N[C@@H](C/C=C/c1ccccc1)C(N)=O. The molecule has 0 fully saturated rings. The minimum Gasteiger partial charge on any atom is -0.368 e. The second-order valence-corrected chi connectivity index (χ2v) is 6.46. The second kappa shape index (κ2) is 10.7. The van der Waals surface area contributed by atoms with Gasteiger partial charge >= 0.3 is 0 Å². The van der Waals surface area contributed by atoms with Gasteiger partial charge in [0.15, 0.2) is 0 Å². The number of rotatable bonds is 9. The minimum absolute atomic E-state index is 0.258. The maximum atomic E-state index is 12.7. The third-order valence-electron chi connectivity index (χ3n) is 4.12. The first-order chi connectivity index (χ1) is 13.5. The summed E-state index contributed by atoms with van der Waals surface area (Å²) in [4.78, 5) is 35.9. The molecule has 2 aromatic carbocycles. The number of carbonyl (C=O) groups excluding carboxylic acids is 3. The van der Waals surface area contributed by atoms with Gasteiger partial charge < -0.3 is 16.4 Å². The van der Waals surface area contributed by atoms with E-state index in [1.807, 2.05) is 66.7 Å². The third kappa shape index (κ3) is 7.07. The first-order valence-corrected chi connectivity index (χ1v) is 9.08. The van der Waals surface area contributed by atoms with E-state index in [4.69, 9.17) is 5.73 Å². The van der Waals surface area contributed by atoms with Crippen LogP contribution in [0.3, 0.4) is 0 Å². The van der Waals surface area contributed by atoms with Crippen LogP contribution in [0.1, 0.15) is 24.5 Å². The Morgan fingerprint density at radius 2 is 1.54 bits per heavy atom. The Morgan fingerprint density at radius 1 is 0.929 bits per heavy atom. The topological polar surface area (TPSA) is 101 Å². The summed E-state index contributed by atoms with van der Waals surface area (Å²) in [6.07, 6.45) is 4.22. The number of nitrogens with one attached hydrogen (secondary N) is 2. The monoisotopic (exact) mass is 379 g/mol. The summed E-state index contributed by atoms with van der Waals surface area (Å²) in [6.45, 7) is 1.35. The molecule has 4 N–H and O–H groups in total. The molecule has 6 nitrogen and oxygen atoms in total. The van der Waals surface area contributed by atoms with Crippen LogP contribution >= 0.6 is 0 Å². The first kappa shape index (κ1) is 20.9. The third-order valence-corrected chi connectivity index (χ3v) is 4.12. The summed E-state index contributed by atoms with van der Waals surface area (Å²) in [6, 6.07) is 17.3. The summed E-state index contributed by atoms with van der Waals surface area (Å²) in [5, 5.41) is 5.28. The van der Waals surface area contributed by atoms with Crippen molar-refractivity contribution in [1.29, 1.82) is 0 Å². The van der Waals surface area contributed by atoms with Crippen molar-refractivity contribution in [1.82, 2.24) is 10.6 Å². The molecule has 3 amide bonds. The van der Waals surface area contributed by atoms with Crippen LogP contribution in [0.4, 0.5) is 0 Å². The molecular formula is C22H25N3O3. The molecule has 0 saturated carbocycles. The predicted molar refractivity (Wildman–Crippen MR) is 109 cm³/mol. The molecule has 0 aliphatic rings. The van der Waals surface area contributed by atoms with Crippen LogP contribution in [0.5, 0.6) is 0 Å². The van der Waals surface area contributed by atoms with E-state index in [-0.39, 0.29) is 12.3 Å². The zero-order valence-corrected chi connectivity index (χ0v) is 15.8. The molecule has 0 spiro atoms. The van der Waals surface area contributed by atoms with Gasteiger partial charge in [0.25, 0.3) is 0 Å². The van der Waals surface area contributed by atoms with Crippen LogP contribution < -0.4 is 16.4 Å². The largest absolute Gasteiger partial charge is 0.368 e. The lowest BCUT2D eigenvalue weighted by atomic mass is 10.0. The molecule has 2 rings (SSSR count). The average Bonchev–Trinajstić information content (AvgIpc) is 2.67. The minimum atomic E-state index is -0.862. The summed E-state index contributed by atoms with van der Waals surface area (Å²) < 4.78 is 0. The van der Waals surface area contributed by atoms with Gasteiger partial charge in [-0.1, -0.05) is 72.8 Å². The Balaban J connectivity index is 2.03. The quantitative estimate of drug-likeness (QED) is 0.619. The molecule has 0 saturated heterocycles. The Labute approximate surface area is 164 Å². The standard InChI is InChI=1S/C22H25N3O3/c1-16(26)24-20(15-18-11-6-3-7-12-18)22(28)25-19(21(23)27)14-8-13-17-9-4-2-5-10-17/h2-13,19-20H,14-15H2,1H3,(H2,23,27)(H,24,26)(H,25,28)/b13-8+/t19-,20+/m0/s1. The van der Waals surface area contributed by atoms with Gasteiger partial charge in [0, 0.05) is 13.3 Å². The fraction of sp³-hybridized carbons (Fsp3) is 0.227. The van der Waals surface area contributed by atoms with E-state index in [1.165, 1.54) is 6.92 Å². The number of carbonyl (C=O) groups is 3. The zero-order chi connectivity index (χ0) is 20.4. The summed E-state index contributed by atoms with van der Waals surface area (Å²) >= 11 is 0. The molecule has 146 valence electrons. The molecular weight excluding hydrogens is 354 g/mol. The van der Waals surface area contributed by atoms with Gasteiger partial charge in [-0.15, -0.1) is 0 Å². The van der Waals surface area contributed by atoms with Crippen LogP contribution in [-0.2, 0) is 20.8 Å². The van der Waals surface area contributed by atoms with Crippen molar-refractivity contribution in [2.45, 2.75) is 31.8 Å². The summed E-state index contributed by atoms with van der Waals surface area (Å²) in [7, 11) is 0. The van der Waals surface area contributed by atoms with Gasteiger partial charge in [-0.3, -0.25) is 14.4 Å². The molecule has 0 aromatic heterocycles. The van der Waals surface area contributed by atoms with Crippen LogP contribution in [0, 0.1) is 0 Å². The van der Waals surface area contributed by atoms with E-state index >= 15 is 0 Å². The highest BCUT2D eigenvalue weighted by atomic mass is 16.2. The van der Waals surface area contributed by atoms with E-state index in [9.17, 15) is 14.4 Å². The Kier molecular flexibility index (Phi) is 7.96. The van der Waals surface area contributed by atoms with Crippen LogP contribution in [-0.4, -0.2) is 29.8 Å². The van der Waals surface area contributed by atoms with Crippen molar-refractivity contribution in [2.24, 2.45) is 5.73 Å². The van der Waals surface area contributed by atoms with E-state index in [0.717, 1.165) is 11.1 Å². The van der Waals surface area contributed by atoms with Crippen molar-refractivity contribution in [3.05, 3.63) is 77.9 Å². The average molecular weight is 379 g/mol. The fourth-order valence-corrected chi connectivity index (χ4v) is 2.73. The van der Waals surface area contributed by atoms with Crippen molar-refractivity contribution in [2.75, 3.05) is 0 Å². The van der Waals surface area contributed by atoms with Crippen molar-refractivity contribution < 1.29 is 14.4 Å². The Bertz CT molecular complexity index is 819. The van der Waals surface area contributed by atoms with Gasteiger partial charge in [0.2, 0.25) is 17.7 Å². The highest BCUT2D eigenvalue weighted by Gasteiger charge is 2.24. The van der Waals surface area contributed by atoms with Crippen LogP contribution in [0.15, 0.2) is 66.7 Å². The maximum absolute atomic E-state index is 12.7. The van der Waals surface area contributed by atoms with Gasteiger partial charge in [0.1, 0.15) is 12.1 Å². The molecule has 0 bridgehead atoms. The highest BCUT2D eigenvalue weighted by Crippen LogP contribution is 2.06. The van der Waals surface area contributed by atoms with Crippen molar-refractivity contribution in [3.8, 4) is 0 Å². The maximum Gasteiger partial charge on any atom is 0.243 e. The molecule has 2 atom stereocenters. The van der Waals surface area contributed by atoms with E-state index in [2.05, 4.69) is 10.6 Å². The first-order valence-electron chi connectivity index (χ1n) is 9.08. The van der Waals surface area contributed by atoms with Gasteiger partial charge in [0.05, 0.1) is 0 Å². The smallest absolute Gasteiger partial charge is 0.243 e. The molecule has 2 aromatic rings. The lowest BCUT2D eigenvalue weighted by molar-refractivity contribution is -0.130. The summed E-state index contributed by atoms with van der Waals surface area (Å²) in [5.74, 6) is -1.40. The normalized spacial score (nSPS) is 12.9. The van der Waals surface area contributed by atoms with Crippen molar-refractivity contribution >= 4 is 23.8 Å². The molecule has 0 radical (unpaired) electrons. The lowest BCUT2D eigenvalue weighted by Gasteiger charge is -2.21. The Hall–Kier alpha value is -3.41. The van der Waals surface area contributed by atoms with E-state index < -0.39 is 23.9 Å². The number of amides is 3. The second-order valence-electron chi connectivity index (χ2n) is 6.46. The van der Waals surface area contributed by atoms with Crippen LogP contribution in [0.2, 0.25) is 0 Å². The lowest BCUT2D eigenvalue weighted by Crippen LogP contribution is -2.53. The molecule has 28 heavy (non-hydrogen) atoms. The molecule has 0 unspecified atom stereocenters. The predicted octanol–water partition coefficient (Wildman–Crippen LogP) is 1.81. The molecule has 0 aliphatic heterocycles. The Morgan fingerprint density at radius 3 is 2.11 bits per heavy atom. The molecule has 6 heteroatoms. The van der Waals surface area contributed by atoms with E-state index in [0.29, 0.717) is 6.42 Å². The number of primary amides is 1. The number of benzene rings is 2. The van der Waals surface area contributed by atoms with E-state index in [1.54, 1.807) is 6.08 Å². The zero-order valence-electron chi connectivity index (χ0n) is 15.8. The van der Waals surface area contributed by atoms with Gasteiger partial charge in [-0.2, -0.15) is 0 Å². The number of hydrogen-bond acceptors (Lipinski definition) is 3. The summed E-state index contributed by atoms with van der Waals surface area (Å²) in [5.41, 5.74) is 7.33. The fourth-order valence-electron chi connectivity index (χ4n) is 2.73. The number of hydrogen-bond donors (Lipinski definition) is 3. The molecule has 0 heterocycles. The molecule has 0 aliphatic carbocycles. The van der Waals surface area contributed by atoms with Crippen molar-refractivity contribution in [3.63, 3.8) is 0 Å². The van der Waals surface area contributed by atoms with Gasteiger partial charge in [-0.05, 0) is 17.5 Å². The van der Waals surface area contributed by atoms with Gasteiger partial charge in [-0.25, -0.2) is 0 Å². The highest BCUT2D eigenvalue weighted by molar-refractivity contribution is 5.91. The van der Waals surface area contributed by atoms with Crippen LogP contribution in [0.25, 0.3) is 6.08 Å².